The predicted octanol–water partition coefficient (Wildman–Crippen LogP) is 3.95. The van der Waals surface area contributed by atoms with E-state index < -0.39 is 0 Å². The lowest BCUT2D eigenvalue weighted by Gasteiger charge is -2.16. The Morgan fingerprint density at radius 3 is 2.75 bits per heavy atom. The maximum Gasteiger partial charge on any atom is 0.138 e. The number of aromatic nitrogens is 2. The van der Waals surface area contributed by atoms with Crippen LogP contribution in [0, 0.1) is 6.92 Å². The summed E-state index contributed by atoms with van der Waals surface area (Å²) in [6.07, 6.45) is 2.03. The molecule has 5 heteroatoms. The van der Waals surface area contributed by atoms with Crippen molar-refractivity contribution in [1.29, 1.82) is 0 Å². The largest absolute Gasteiger partial charge is 0.492 e. The summed E-state index contributed by atoms with van der Waals surface area (Å²) in [6, 6.07) is 5.91. The Bertz CT molecular complexity index is 595. The number of aryl methyl sites for hydroxylation is 2. The molecule has 0 amide bonds. The van der Waals surface area contributed by atoms with Crippen LogP contribution >= 0.6 is 11.6 Å². The van der Waals surface area contributed by atoms with Crippen LogP contribution in [0.4, 0.5) is 5.69 Å². The summed E-state index contributed by atoms with van der Waals surface area (Å²) in [7, 11) is 1.93. The first-order valence-electron chi connectivity index (χ1n) is 6.70. The van der Waals surface area contributed by atoms with Gasteiger partial charge < -0.3 is 10.1 Å². The van der Waals surface area contributed by atoms with Crippen LogP contribution in [-0.4, -0.2) is 16.4 Å². The molecule has 1 aromatic carbocycles. The van der Waals surface area contributed by atoms with E-state index in [4.69, 9.17) is 16.3 Å². The quantitative estimate of drug-likeness (QED) is 0.907. The maximum absolute atomic E-state index is 6.19. The van der Waals surface area contributed by atoms with Gasteiger partial charge in [-0.3, -0.25) is 4.68 Å². The molecule has 1 heterocycles. The standard InChI is InChI=1S/C15H20ClN3O/c1-5-20-15-7-6-12(8-14(15)16)17-10(2)13-9-19(4)18-11(13)3/h6-10,17H,5H2,1-4H3. The van der Waals surface area contributed by atoms with Gasteiger partial charge in [-0.1, -0.05) is 11.6 Å². The minimum Gasteiger partial charge on any atom is -0.492 e. The van der Waals surface area contributed by atoms with Crippen molar-refractivity contribution in [2.45, 2.75) is 26.8 Å². The molecule has 0 aliphatic heterocycles. The van der Waals surface area contributed by atoms with E-state index in [0.29, 0.717) is 17.4 Å². The molecule has 0 bridgehead atoms. The number of rotatable bonds is 5. The van der Waals surface area contributed by atoms with E-state index in [1.165, 1.54) is 5.56 Å². The molecule has 1 unspecified atom stereocenters. The molecule has 0 spiro atoms. The molecule has 0 aliphatic carbocycles. The van der Waals surface area contributed by atoms with Gasteiger partial charge in [-0.05, 0) is 39.0 Å². The minimum atomic E-state index is 0.165. The first kappa shape index (κ1) is 14.7. The van der Waals surface area contributed by atoms with Crippen molar-refractivity contribution in [3.8, 4) is 5.75 Å². The lowest BCUT2D eigenvalue weighted by atomic mass is 10.1. The molecule has 2 aromatic rings. The Morgan fingerprint density at radius 2 is 2.20 bits per heavy atom. The molecule has 1 N–H and O–H groups in total. The highest BCUT2D eigenvalue weighted by Crippen LogP contribution is 2.29. The topological polar surface area (TPSA) is 39.1 Å². The molecule has 0 radical (unpaired) electrons. The van der Waals surface area contributed by atoms with Crippen molar-refractivity contribution in [2.24, 2.45) is 7.05 Å². The lowest BCUT2D eigenvalue weighted by molar-refractivity contribution is 0.340. The van der Waals surface area contributed by atoms with Crippen LogP contribution in [0.5, 0.6) is 5.75 Å². The van der Waals surface area contributed by atoms with Crippen LogP contribution in [0.25, 0.3) is 0 Å². The zero-order chi connectivity index (χ0) is 14.7. The zero-order valence-electron chi connectivity index (χ0n) is 12.3. The van der Waals surface area contributed by atoms with Crippen molar-refractivity contribution < 1.29 is 4.74 Å². The first-order chi connectivity index (χ1) is 9.51. The van der Waals surface area contributed by atoms with Crippen LogP contribution in [0.1, 0.15) is 31.1 Å². The molecule has 20 heavy (non-hydrogen) atoms. The average Bonchev–Trinajstić information content (AvgIpc) is 2.72. The van der Waals surface area contributed by atoms with Gasteiger partial charge in [0.25, 0.3) is 0 Å². The molecule has 0 saturated heterocycles. The number of hydrogen-bond donors (Lipinski definition) is 1. The van der Waals surface area contributed by atoms with Gasteiger partial charge in [-0.15, -0.1) is 0 Å². The van der Waals surface area contributed by atoms with Crippen LogP contribution in [0.3, 0.4) is 0 Å². The Balaban J connectivity index is 2.13. The van der Waals surface area contributed by atoms with Crippen molar-refractivity contribution >= 4 is 17.3 Å². The van der Waals surface area contributed by atoms with Crippen LogP contribution < -0.4 is 10.1 Å². The monoisotopic (exact) mass is 293 g/mol. The summed E-state index contributed by atoms with van der Waals surface area (Å²) in [5.74, 6) is 0.713. The Morgan fingerprint density at radius 1 is 1.45 bits per heavy atom. The fourth-order valence-corrected chi connectivity index (χ4v) is 2.47. The highest BCUT2D eigenvalue weighted by Gasteiger charge is 2.12. The third-order valence-electron chi connectivity index (χ3n) is 3.13. The molecule has 2 rings (SSSR count). The Hall–Kier alpha value is -1.68. The van der Waals surface area contributed by atoms with Gasteiger partial charge in [0.15, 0.2) is 0 Å². The third-order valence-corrected chi connectivity index (χ3v) is 3.43. The minimum absolute atomic E-state index is 0.165. The van der Waals surface area contributed by atoms with E-state index in [1.807, 2.05) is 50.0 Å². The second-order valence-electron chi connectivity index (χ2n) is 4.79. The molecule has 0 aliphatic rings. The van der Waals surface area contributed by atoms with E-state index in [1.54, 1.807) is 0 Å². The smallest absolute Gasteiger partial charge is 0.138 e. The van der Waals surface area contributed by atoms with Crippen molar-refractivity contribution in [2.75, 3.05) is 11.9 Å². The van der Waals surface area contributed by atoms with E-state index in [2.05, 4.69) is 17.3 Å². The summed E-state index contributed by atoms with van der Waals surface area (Å²) >= 11 is 6.19. The fraction of sp³-hybridized carbons (Fsp3) is 0.400. The Kier molecular flexibility index (Phi) is 4.55. The SMILES string of the molecule is CCOc1ccc(NC(C)c2cn(C)nc2C)cc1Cl. The molecule has 0 fully saturated rings. The number of nitrogens with one attached hydrogen (secondary N) is 1. The lowest BCUT2D eigenvalue weighted by Crippen LogP contribution is -2.07. The number of ether oxygens (including phenoxy) is 1. The van der Waals surface area contributed by atoms with Crippen LogP contribution in [0.2, 0.25) is 5.02 Å². The van der Waals surface area contributed by atoms with Gasteiger partial charge in [0, 0.05) is 24.5 Å². The summed E-state index contributed by atoms with van der Waals surface area (Å²) in [6.45, 7) is 6.67. The first-order valence-corrected chi connectivity index (χ1v) is 7.08. The molecular weight excluding hydrogens is 274 g/mol. The number of anilines is 1. The molecule has 4 nitrogen and oxygen atoms in total. The average molecular weight is 294 g/mol. The number of halogens is 1. The van der Waals surface area contributed by atoms with Gasteiger partial charge in [0.1, 0.15) is 5.75 Å². The highest BCUT2D eigenvalue weighted by molar-refractivity contribution is 6.32. The molecule has 108 valence electrons. The number of benzene rings is 1. The summed E-state index contributed by atoms with van der Waals surface area (Å²) in [5, 5.41) is 8.41. The molecular formula is C15H20ClN3O. The highest BCUT2D eigenvalue weighted by atomic mass is 35.5. The van der Waals surface area contributed by atoms with Crippen molar-refractivity contribution in [3.63, 3.8) is 0 Å². The van der Waals surface area contributed by atoms with Gasteiger partial charge in [0.2, 0.25) is 0 Å². The zero-order valence-corrected chi connectivity index (χ0v) is 13.0. The second kappa shape index (κ2) is 6.18. The van der Waals surface area contributed by atoms with Crippen molar-refractivity contribution in [1.82, 2.24) is 9.78 Å². The molecule has 1 aromatic heterocycles. The van der Waals surface area contributed by atoms with Gasteiger partial charge in [-0.25, -0.2) is 0 Å². The number of hydrogen-bond acceptors (Lipinski definition) is 3. The van der Waals surface area contributed by atoms with E-state index in [0.717, 1.165) is 11.4 Å². The van der Waals surface area contributed by atoms with Gasteiger partial charge >= 0.3 is 0 Å². The van der Waals surface area contributed by atoms with E-state index in [-0.39, 0.29) is 6.04 Å². The predicted molar refractivity (Wildman–Crippen MR) is 82.6 cm³/mol. The van der Waals surface area contributed by atoms with Crippen LogP contribution in [0.15, 0.2) is 24.4 Å². The molecule has 1 atom stereocenters. The molecule has 0 saturated carbocycles. The normalized spacial score (nSPS) is 12.2. The van der Waals surface area contributed by atoms with Gasteiger partial charge in [0.05, 0.1) is 23.4 Å². The van der Waals surface area contributed by atoms with Crippen LogP contribution in [-0.2, 0) is 7.05 Å². The number of nitrogens with zero attached hydrogens (tertiary/aromatic N) is 2. The maximum atomic E-state index is 6.19. The summed E-state index contributed by atoms with van der Waals surface area (Å²) in [5.41, 5.74) is 3.18. The second-order valence-corrected chi connectivity index (χ2v) is 5.19. The van der Waals surface area contributed by atoms with Crippen molar-refractivity contribution in [3.05, 3.63) is 40.7 Å². The Labute approximate surface area is 124 Å². The van der Waals surface area contributed by atoms with E-state index >= 15 is 0 Å². The summed E-state index contributed by atoms with van der Waals surface area (Å²) < 4.78 is 7.26. The fourth-order valence-electron chi connectivity index (χ4n) is 2.23. The van der Waals surface area contributed by atoms with Gasteiger partial charge in [-0.2, -0.15) is 5.10 Å². The van der Waals surface area contributed by atoms with E-state index in [9.17, 15) is 0 Å². The third kappa shape index (κ3) is 3.25. The summed E-state index contributed by atoms with van der Waals surface area (Å²) in [4.78, 5) is 0.